The molecule has 76 heavy (non-hydrogen) atoms. The molecule has 5 nitrogen and oxygen atoms in total. The zero-order chi connectivity index (χ0) is 54.8. The first-order valence-electron chi connectivity index (χ1n) is 32.8. The van der Waals surface area contributed by atoms with Gasteiger partial charge in [-0.15, -0.1) is 0 Å². The Hall–Kier alpha value is -3.18. The maximum absolute atomic E-state index is 12.3. The van der Waals surface area contributed by atoms with Gasteiger partial charge < -0.3 is 14.6 Å². The summed E-state index contributed by atoms with van der Waals surface area (Å²) in [5.41, 5.74) is 0. The lowest BCUT2D eigenvalue weighted by molar-refractivity contribution is -0.161. The van der Waals surface area contributed by atoms with Crippen LogP contribution >= 0.6 is 0 Å². The highest BCUT2D eigenvalue weighted by molar-refractivity contribution is 5.70. The summed E-state index contributed by atoms with van der Waals surface area (Å²) in [6, 6.07) is 0. The molecule has 0 spiro atoms. The number of hydrogen-bond acceptors (Lipinski definition) is 5. The molecule has 0 saturated heterocycles. The van der Waals surface area contributed by atoms with Crippen molar-refractivity contribution < 1.29 is 24.2 Å². The molecule has 438 valence electrons. The van der Waals surface area contributed by atoms with Gasteiger partial charge in [-0.3, -0.25) is 9.59 Å². The van der Waals surface area contributed by atoms with Crippen LogP contribution in [0.15, 0.2) is 97.2 Å². The van der Waals surface area contributed by atoms with Crippen LogP contribution in [0.4, 0.5) is 0 Å². The first-order valence-corrected chi connectivity index (χ1v) is 32.8. The number of aliphatic hydroxyl groups excluding tert-OH is 1. The van der Waals surface area contributed by atoms with Gasteiger partial charge in [-0.1, -0.05) is 310 Å². The van der Waals surface area contributed by atoms with Gasteiger partial charge in [0.15, 0.2) is 6.10 Å². The van der Waals surface area contributed by atoms with Crippen LogP contribution in [0.3, 0.4) is 0 Å². The zero-order valence-corrected chi connectivity index (χ0v) is 50.3. The Morgan fingerprint density at radius 2 is 0.566 bits per heavy atom. The van der Waals surface area contributed by atoms with Crippen molar-refractivity contribution in [2.45, 2.75) is 328 Å². The monoisotopic (exact) mass is 1060 g/mol. The molecule has 5 heteroatoms. The Labute approximate surface area is 472 Å². The third kappa shape index (κ3) is 63.4. The number of unbranched alkanes of at least 4 members (excludes halogenated alkanes) is 36. The van der Waals surface area contributed by atoms with Crippen molar-refractivity contribution >= 4 is 11.9 Å². The SMILES string of the molecule is CC/C=C\C/C=C\C/C=C\C/C=C\C/C=C\CCCCCCCCCCCCCCCCCCCCCCCCCCCC(=O)OC(CO)COC(=O)CCCCCCCC/C=C\C/C=C\C/C=C\CCCCCCC. The summed E-state index contributed by atoms with van der Waals surface area (Å²) in [6.45, 7) is 4.03. The largest absolute Gasteiger partial charge is 0.462 e. The smallest absolute Gasteiger partial charge is 0.306 e. The highest BCUT2D eigenvalue weighted by Gasteiger charge is 2.16. The molecule has 0 saturated carbocycles. The van der Waals surface area contributed by atoms with Gasteiger partial charge in [0.2, 0.25) is 0 Å². The summed E-state index contributed by atoms with van der Waals surface area (Å²) in [7, 11) is 0. The first-order chi connectivity index (χ1) is 37.6. The fourth-order valence-electron chi connectivity index (χ4n) is 9.47. The van der Waals surface area contributed by atoms with Crippen LogP contribution in [0.1, 0.15) is 322 Å². The van der Waals surface area contributed by atoms with Gasteiger partial charge >= 0.3 is 11.9 Å². The third-order valence-corrected chi connectivity index (χ3v) is 14.4. The van der Waals surface area contributed by atoms with E-state index in [9.17, 15) is 14.7 Å². The molecule has 0 rings (SSSR count). The van der Waals surface area contributed by atoms with Crippen LogP contribution in [0.2, 0.25) is 0 Å². The van der Waals surface area contributed by atoms with Crippen LogP contribution in [-0.2, 0) is 19.1 Å². The molecule has 0 radical (unpaired) electrons. The van der Waals surface area contributed by atoms with Crippen molar-refractivity contribution in [2.75, 3.05) is 13.2 Å². The zero-order valence-electron chi connectivity index (χ0n) is 50.3. The van der Waals surface area contributed by atoms with Crippen molar-refractivity contribution in [3.63, 3.8) is 0 Å². The van der Waals surface area contributed by atoms with Crippen molar-refractivity contribution in [2.24, 2.45) is 0 Å². The molecule has 0 aliphatic heterocycles. The summed E-state index contributed by atoms with van der Waals surface area (Å²) in [5, 5.41) is 9.67. The van der Waals surface area contributed by atoms with E-state index in [1.165, 1.54) is 205 Å². The van der Waals surface area contributed by atoms with Crippen LogP contribution in [0.5, 0.6) is 0 Å². The van der Waals surface area contributed by atoms with Crippen LogP contribution < -0.4 is 0 Å². The maximum atomic E-state index is 12.3. The second-order valence-corrected chi connectivity index (χ2v) is 21.8. The van der Waals surface area contributed by atoms with E-state index >= 15 is 0 Å². The number of esters is 2. The number of carbonyl (C=O) groups is 2. The summed E-state index contributed by atoms with van der Waals surface area (Å²) in [5.74, 6) is -0.594. The minimum absolute atomic E-state index is 0.0725. The van der Waals surface area contributed by atoms with Gasteiger partial charge in [-0.05, 0) is 96.3 Å². The number of aliphatic hydroxyl groups is 1. The van der Waals surface area contributed by atoms with Crippen molar-refractivity contribution in [3.8, 4) is 0 Å². The van der Waals surface area contributed by atoms with Gasteiger partial charge in [0.05, 0.1) is 6.61 Å². The lowest BCUT2D eigenvalue weighted by Crippen LogP contribution is -2.28. The lowest BCUT2D eigenvalue weighted by atomic mass is 10.0. The lowest BCUT2D eigenvalue weighted by Gasteiger charge is -2.15. The standard InChI is InChI=1S/C71H124O5/c1-3-5-7-9-11-13-15-17-19-21-23-25-26-27-28-29-30-31-32-33-34-35-36-37-38-39-40-41-42-43-44-46-48-50-52-54-56-58-60-62-64-66-71(74)76-69(67-72)68-75-70(73)65-63-61-59-57-55-53-51-49-47-45-24-22-20-18-16-14-12-10-8-6-4-2/h5,7,11,13,16-19,22-25,27-28,47,49,69,72H,3-4,6,8-10,12,14-15,20-21,26,29-46,48,50-68H2,1-2H3/b7-5-,13-11-,18-16-,19-17-,24-22-,25-23-,28-27-,49-47-. The van der Waals surface area contributed by atoms with Crippen LogP contribution in [0.25, 0.3) is 0 Å². The number of allylic oxidation sites excluding steroid dienone is 16. The van der Waals surface area contributed by atoms with Gasteiger partial charge in [-0.25, -0.2) is 0 Å². The summed E-state index contributed by atoms with van der Waals surface area (Å²) >= 11 is 0. The van der Waals surface area contributed by atoms with Crippen LogP contribution in [-0.4, -0.2) is 36.4 Å². The predicted octanol–water partition coefficient (Wildman–Crippen LogP) is 22.6. The third-order valence-electron chi connectivity index (χ3n) is 14.4. The fraction of sp³-hybridized carbons (Fsp3) is 0.746. The first kappa shape index (κ1) is 72.8. The van der Waals surface area contributed by atoms with Gasteiger partial charge in [0.1, 0.15) is 6.61 Å². The average molecular weight is 1060 g/mol. The molecule has 1 N–H and O–H groups in total. The highest BCUT2D eigenvalue weighted by Crippen LogP contribution is 2.17. The molecule has 0 bridgehead atoms. The molecule has 1 atom stereocenters. The number of ether oxygens (including phenoxy) is 2. The summed E-state index contributed by atoms with van der Waals surface area (Å²) < 4.78 is 10.7. The van der Waals surface area contributed by atoms with Gasteiger partial charge in [0.25, 0.3) is 0 Å². The second-order valence-electron chi connectivity index (χ2n) is 21.8. The molecule has 0 aliphatic carbocycles. The van der Waals surface area contributed by atoms with E-state index in [0.29, 0.717) is 12.8 Å². The van der Waals surface area contributed by atoms with E-state index in [-0.39, 0.29) is 25.2 Å². The molecule has 1 unspecified atom stereocenters. The van der Waals surface area contributed by atoms with Crippen molar-refractivity contribution in [1.82, 2.24) is 0 Å². The second kappa shape index (κ2) is 66.1. The normalized spacial score (nSPS) is 12.8. The van der Waals surface area contributed by atoms with E-state index in [2.05, 4.69) is 111 Å². The number of rotatable bonds is 60. The van der Waals surface area contributed by atoms with Crippen LogP contribution in [0, 0.1) is 0 Å². The number of hydrogen-bond donors (Lipinski definition) is 1. The Balaban J connectivity index is 3.43. The van der Waals surface area contributed by atoms with E-state index in [0.717, 1.165) is 89.9 Å². The Morgan fingerprint density at radius 1 is 0.316 bits per heavy atom. The molecule has 0 aromatic carbocycles. The summed E-state index contributed by atoms with van der Waals surface area (Å²) in [6.07, 6.45) is 94.3. The molecular weight excluding hydrogens is 933 g/mol. The molecule has 0 fully saturated rings. The topological polar surface area (TPSA) is 72.8 Å². The van der Waals surface area contributed by atoms with E-state index in [1.807, 2.05) is 0 Å². The molecule has 0 aromatic heterocycles. The fourth-order valence-corrected chi connectivity index (χ4v) is 9.47. The summed E-state index contributed by atoms with van der Waals surface area (Å²) in [4.78, 5) is 24.6. The van der Waals surface area contributed by atoms with E-state index in [4.69, 9.17) is 9.47 Å². The van der Waals surface area contributed by atoms with E-state index < -0.39 is 6.10 Å². The molecule has 0 amide bonds. The minimum atomic E-state index is -0.781. The molecule has 0 aromatic rings. The average Bonchev–Trinajstić information content (AvgIpc) is 3.42. The van der Waals surface area contributed by atoms with Gasteiger partial charge in [0, 0.05) is 12.8 Å². The Morgan fingerprint density at radius 3 is 0.855 bits per heavy atom. The molecular formula is C71H124O5. The van der Waals surface area contributed by atoms with Crippen molar-refractivity contribution in [1.29, 1.82) is 0 Å². The van der Waals surface area contributed by atoms with E-state index in [1.54, 1.807) is 0 Å². The quantitative estimate of drug-likeness (QED) is 0.0373. The molecule has 0 heterocycles. The number of carbonyl (C=O) groups excluding carboxylic acids is 2. The van der Waals surface area contributed by atoms with Gasteiger partial charge in [-0.2, -0.15) is 0 Å². The Bertz CT molecular complexity index is 1430. The predicted molar refractivity (Wildman–Crippen MR) is 334 cm³/mol. The maximum Gasteiger partial charge on any atom is 0.306 e. The Kier molecular flexibility index (Phi) is 63.3. The minimum Gasteiger partial charge on any atom is -0.462 e. The van der Waals surface area contributed by atoms with Crippen molar-refractivity contribution in [3.05, 3.63) is 97.2 Å². The molecule has 0 aliphatic rings. The highest BCUT2D eigenvalue weighted by atomic mass is 16.6.